The van der Waals surface area contributed by atoms with E-state index in [-0.39, 0.29) is 0 Å². The van der Waals surface area contributed by atoms with Gasteiger partial charge in [0.15, 0.2) is 0 Å². The van der Waals surface area contributed by atoms with Gasteiger partial charge in [0.25, 0.3) is 0 Å². The molecule has 20 heavy (non-hydrogen) atoms. The van der Waals surface area contributed by atoms with E-state index in [1.54, 1.807) is 11.1 Å². The molecule has 0 aromatic heterocycles. The third-order valence-corrected chi connectivity index (χ3v) is 4.72. The van der Waals surface area contributed by atoms with Crippen LogP contribution in [0.1, 0.15) is 49.7 Å². The molecule has 102 valence electrons. The van der Waals surface area contributed by atoms with Crippen molar-refractivity contribution in [2.45, 2.75) is 38.5 Å². The second kappa shape index (κ2) is 5.66. The van der Waals surface area contributed by atoms with Crippen molar-refractivity contribution in [2.24, 2.45) is 0 Å². The van der Waals surface area contributed by atoms with Crippen LogP contribution in [-0.2, 0) is 0 Å². The molecule has 0 fully saturated rings. The van der Waals surface area contributed by atoms with Gasteiger partial charge in [-0.2, -0.15) is 0 Å². The van der Waals surface area contributed by atoms with Crippen LogP contribution < -0.4 is 0 Å². The van der Waals surface area contributed by atoms with Crippen molar-refractivity contribution in [1.82, 2.24) is 0 Å². The van der Waals surface area contributed by atoms with Gasteiger partial charge in [-0.1, -0.05) is 71.8 Å². The number of benzene rings is 2. The molecule has 0 unspecified atom stereocenters. The molecule has 0 radical (unpaired) electrons. The normalized spacial score (nSPS) is 22.9. The Morgan fingerprint density at radius 1 is 0.600 bits per heavy atom. The van der Waals surface area contributed by atoms with E-state index in [9.17, 15) is 0 Å². The molecule has 1 aliphatic carbocycles. The summed E-state index contributed by atoms with van der Waals surface area (Å²) < 4.78 is 0. The van der Waals surface area contributed by atoms with Gasteiger partial charge in [-0.3, -0.25) is 0 Å². The minimum atomic E-state index is 0.613. The highest BCUT2D eigenvalue weighted by Crippen LogP contribution is 2.45. The van der Waals surface area contributed by atoms with Gasteiger partial charge in [0, 0.05) is 0 Å². The molecule has 1 aliphatic rings. The van der Waals surface area contributed by atoms with Gasteiger partial charge in [-0.05, 0) is 49.7 Å². The summed E-state index contributed by atoms with van der Waals surface area (Å²) in [5.41, 5.74) is 6.11. The van der Waals surface area contributed by atoms with Crippen LogP contribution in [0.2, 0.25) is 0 Å². The molecule has 2 aromatic carbocycles. The lowest BCUT2D eigenvalue weighted by Crippen LogP contribution is -2.17. The predicted molar refractivity (Wildman–Crippen MR) is 86.0 cm³/mol. The van der Waals surface area contributed by atoms with Gasteiger partial charge in [-0.25, -0.2) is 0 Å². The second-order valence-corrected chi connectivity index (χ2v) is 6.00. The highest BCUT2D eigenvalue weighted by Gasteiger charge is 2.29. The van der Waals surface area contributed by atoms with Crippen LogP contribution >= 0.6 is 0 Å². The zero-order chi connectivity index (χ0) is 13.9. The van der Waals surface area contributed by atoms with Crippen molar-refractivity contribution >= 4 is 0 Å². The van der Waals surface area contributed by atoms with Crippen molar-refractivity contribution in [3.63, 3.8) is 0 Å². The minimum absolute atomic E-state index is 0.613. The monoisotopic (exact) mass is 262 g/mol. The van der Waals surface area contributed by atoms with Crippen LogP contribution in [0.25, 0.3) is 0 Å². The summed E-state index contributed by atoms with van der Waals surface area (Å²) in [6.07, 6.45) is 2.38. The lowest BCUT2D eigenvalue weighted by molar-refractivity contribution is 0.496. The zero-order valence-electron chi connectivity index (χ0n) is 12.3. The third kappa shape index (κ3) is 2.56. The molecule has 0 heteroatoms. The summed E-state index contributed by atoms with van der Waals surface area (Å²) >= 11 is 0. The van der Waals surface area contributed by atoms with E-state index >= 15 is 0 Å². The molecule has 0 saturated heterocycles. The smallest absolute Gasteiger partial charge is 0.00528 e. The first-order valence-corrected chi connectivity index (χ1v) is 7.51. The molecule has 2 atom stereocenters. The summed E-state index contributed by atoms with van der Waals surface area (Å²) in [5, 5.41) is 0. The zero-order valence-corrected chi connectivity index (χ0v) is 12.3. The van der Waals surface area contributed by atoms with E-state index in [2.05, 4.69) is 74.5 Å². The molecule has 0 N–H and O–H groups in total. The van der Waals surface area contributed by atoms with Crippen molar-refractivity contribution in [2.75, 3.05) is 0 Å². The lowest BCUT2D eigenvalue weighted by Gasteiger charge is -2.34. The van der Waals surface area contributed by atoms with E-state index in [4.69, 9.17) is 0 Å². The van der Waals surface area contributed by atoms with Crippen LogP contribution in [0.5, 0.6) is 0 Å². The maximum absolute atomic E-state index is 2.30. The molecule has 0 amide bonds. The van der Waals surface area contributed by atoms with Gasteiger partial charge >= 0.3 is 0 Å². The first kappa shape index (κ1) is 13.2. The highest BCUT2D eigenvalue weighted by atomic mass is 14.3. The molecule has 0 aliphatic heterocycles. The Morgan fingerprint density at radius 2 is 0.950 bits per heavy atom. The average Bonchev–Trinajstić information content (AvgIpc) is 2.51. The lowest BCUT2D eigenvalue weighted by atomic mass is 9.70. The van der Waals surface area contributed by atoms with E-state index < -0.39 is 0 Å². The van der Waals surface area contributed by atoms with Crippen molar-refractivity contribution in [3.8, 4) is 0 Å². The standard InChI is InChI=1S/C20H22/c1-15-13-19(17-9-5-3-6-10-17)20(14-16(15)2)18-11-7-4-8-12-18/h3-12,19-20H,13-14H2,1-2H3/t19-,20-/m0/s1. The summed E-state index contributed by atoms with van der Waals surface area (Å²) in [4.78, 5) is 0. The summed E-state index contributed by atoms with van der Waals surface area (Å²) in [5.74, 6) is 1.23. The molecule has 0 nitrogen and oxygen atoms in total. The van der Waals surface area contributed by atoms with Crippen LogP contribution in [0.15, 0.2) is 71.8 Å². The Morgan fingerprint density at radius 3 is 1.30 bits per heavy atom. The Balaban J connectivity index is 2.01. The SMILES string of the molecule is CC1=C(C)C[C@@H](c2ccccc2)[C@H](c2ccccc2)C1. The third-order valence-electron chi connectivity index (χ3n) is 4.72. The summed E-state index contributed by atoms with van der Waals surface area (Å²) in [7, 11) is 0. The largest absolute Gasteiger partial charge is 0.0737 e. The first-order valence-electron chi connectivity index (χ1n) is 7.51. The maximum Gasteiger partial charge on any atom is -0.00528 e. The number of hydrogen-bond donors (Lipinski definition) is 0. The number of hydrogen-bond acceptors (Lipinski definition) is 0. The quantitative estimate of drug-likeness (QED) is 0.610. The van der Waals surface area contributed by atoms with E-state index in [0.717, 1.165) is 0 Å². The van der Waals surface area contributed by atoms with Gasteiger partial charge in [-0.15, -0.1) is 0 Å². The van der Waals surface area contributed by atoms with Crippen LogP contribution in [0.3, 0.4) is 0 Å². The fraction of sp³-hybridized carbons (Fsp3) is 0.300. The predicted octanol–water partition coefficient (Wildman–Crippen LogP) is 5.68. The Labute approximate surface area is 122 Å². The van der Waals surface area contributed by atoms with E-state index in [1.807, 2.05) is 0 Å². The molecule has 0 bridgehead atoms. The van der Waals surface area contributed by atoms with Crippen molar-refractivity contribution in [1.29, 1.82) is 0 Å². The molecular formula is C20H22. The minimum Gasteiger partial charge on any atom is -0.0737 e. The summed E-state index contributed by atoms with van der Waals surface area (Å²) in [6.45, 7) is 4.60. The Kier molecular flexibility index (Phi) is 3.73. The topological polar surface area (TPSA) is 0 Å². The Hall–Kier alpha value is -1.82. The fourth-order valence-corrected chi connectivity index (χ4v) is 3.39. The molecule has 0 spiro atoms. The fourth-order valence-electron chi connectivity index (χ4n) is 3.39. The van der Waals surface area contributed by atoms with Crippen molar-refractivity contribution < 1.29 is 0 Å². The van der Waals surface area contributed by atoms with Crippen LogP contribution in [-0.4, -0.2) is 0 Å². The van der Waals surface area contributed by atoms with Gasteiger partial charge < -0.3 is 0 Å². The van der Waals surface area contributed by atoms with Gasteiger partial charge in [0.05, 0.1) is 0 Å². The highest BCUT2D eigenvalue weighted by molar-refractivity contribution is 5.35. The maximum atomic E-state index is 2.30. The second-order valence-electron chi connectivity index (χ2n) is 6.00. The Bertz CT molecular complexity index is 537. The molecular weight excluding hydrogens is 240 g/mol. The van der Waals surface area contributed by atoms with Crippen molar-refractivity contribution in [3.05, 3.63) is 82.9 Å². The summed E-state index contributed by atoms with van der Waals surface area (Å²) in [6, 6.07) is 22.0. The number of rotatable bonds is 2. The van der Waals surface area contributed by atoms with Gasteiger partial charge in [0.2, 0.25) is 0 Å². The average molecular weight is 262 g/mol. The van der Waals surface area contributed by atoms with E-state index in [0.29, 0.717) is 11.8 Å². The molecule has 3 rings (SSSR count). The van der Waals surface area contributed by atoms with Crippen LogP contribution in [0, 0.1) is 0 Å². The van der Waals surface area contributed by atoms with E-state index in [1.165, 1.54) is 24.0 Å². The first-order chi connectivity index (χ1) is 9.75. The molecule has 2 aromatic rings. The molecule has 0 saturated carbocycles. The molecule has 0 heterocycles. The number of allylic oxidation sites excluding steroid dienone is 2. The van der Waals surface area contributed by atoms with Crippen LogP contribution in [0.4, 0.5) is 0 Å². The van der Waals surface area contributed by atoms with Gasteiger partial charge in [0.1, 0.15) is 0 Å².